The number of nitrogens with one attached hydrogen (secondary N) is 3. The van der Waals surface area contributed by atoms with Crippen molar-refractivity contribution in [3.05, 3.63) is 52.7 Å². The lowest BCUT2D eigenvalue weighted by Crippen LogP contribution is -2.49. The van der Waals surface area contributed by atoms with Crippen LogP contribution in [0.3, 0.4) is 0 Å². The van der Waals surface area contributed by atoms with Crippen LogP contribution in [0.15, 0.2) is 47.9 Å². The molecule has 9 heteroatoms. The van der Waals surface area contributed by atoms with Crippen LogP contribution in [0.25, 0.3) is 6.08 Å². The summed E-state index contributed by atoms with van der Waals surface area (Å²) in [5.74, 6) is 0.0883. The average Bonchev–Trinajstić information content (AvgIpc) is 3.17. The molecular formula is C17H17N3O4S2. The molecule has 7 nitrogen and oxygen atoms in total. The predicted molar refractivity (Wildman–Crippen MR) is 104 cm³/mol. The lowest BCUT2D eigenvalue weighted by Gasteiger charge is -2.12. The maximum atomic E-state index is 11.8. The van der Waals surface area contributed by atoms with Crippen molar-refractivity contribution in [1.82, 2.24) is 16.2 Å². The molecule has 0 spiro atoms. The molecule has 0 saturated heterocycles. The molecule has 0 bridgehead atoms. The number of rotatable bonds is 6. The molecule has 0 fully saturated rings. The van der Waals surface area contributed by atoms with Gasteiger partial charge in [0.1, 0.15) is 0 Å². The number of thiocarbonyl (C=S) groups is 1. The van der Waals surface area contributed by atoms with E-state index in [1.807, 2.05) is 17.5 Å². The molecule has 1 aromatic carbocycles. The molecule has 1 aromatic heterocycles. The van der Waals surface area contributed by atoms with Gasteiger partial charge in [-0.25, -0.2) is 0 Å². The minimum absolute atomic E-state index is 0.0310. The second kappa shape index (κ2) is 10.2. The van der Waals surface area contributed by atoms with E-state index in [2.05, 4.69) is 16.2 Å². The first-order valence-corrected chi connectivity index (χ1v) is 8.74. The summed E-state index contributed by atoms with van der Waals surface area (Å²) in [5.41, 5.74) is 4.76. The summed E-state index contributed by atoms with van der Waals surface area (Å²) in [6.07, 6.45) is 3.02. The van der Waals surface area contributed by atoms with Crippen molar-refractivity contribution < 1.29 is 19.1 Å². The van der Waals surface area contributed by atoms with Crippen LogP contribution in [0.1, 0.15) is 4.88 Å². The van der Waals surface area contributed by atoms with Crippen LogP contribution in [-0.4, -0.2) is 30.6 Å². The number of ether oxygens (including phenoxy) is 2. The molecule has 1 heterocycles. The van der Waals surface area contributed by atoms with Gasteiger partial charge in [0, 0.05) is 11.0 Å². The average molecular weight is 391 g/mol. The van der Waals surface area contributed by atoms with E-state index in [0.717, 1.165) is 4.88 Å². The largest absolute Gasteiger partial charge is 0.493 e. The van der Waals surface area contributed by atoms with Crippen molar-refractivity contribution in [3.8, 4) is 11.5 Å². The Labute approximate surface area is 160 Å². The summed E-state index contributed by atoms with van der Waals surface area (Å²) in [6, 6.07) is 10.7. The van der Waals surface area contributed by atoms with Gasteiger partial charge in [0.05, 0.1) is 7.11 Å². The molecule has 2 aromatic rings. The Morgan fingerprint density at radius 1 is 1.15 bits per heavy atom. The highest BCUT2D eigenvalue weighted by atomic mass is 32.1. The van der Waals surface area contributed by atoms with Gasteiger partial charge in [0.15, 0.2) is 23.2 Å². The summed E-state index contributed by atoms with van der Waals surface area (Å²) in [6.45, 7) is -0.248. The first-order chi connectivity index (χ1) is 12.6. The maximum Gasteiger partial charge on any atom is 0.276 e. The van der Waals surface area contributed by atoms with Crippen molar-refractivity contribution in [2.45, 2.75) is 0 Å². The van der Waals surface area contributed by atoms with Crippen LogP contribution >= 0.6 is 23.6 Å². The van der Waals surface area contributed by atoms with Crippen molar-refractivity contribution >= 4 is 46.6 Å². The van der Waals surface area contributed by atoms with Gasteiger partial charge in [0.25, 0.3) is 5.91 Å². The third-order valence-electron chi connectivity index (χ3n) is 2.92. The Hall–Kier alpha value is -2.91. The molecule has 136 valence electrons. The van der Waals surface area contributed by atoms with Crippen LogP contribution in [0.5, 0.6) is 11.5 Å². The highest BCUT2D eigenvalue weighted by Crippen LogP contribution is 2.25. The van der Waals surface area contributed by atoms with Gasteiger partial charge >= 0.3 is 0 Å². The number of carbonyl (C=O) groups excluding carboxylic acids is 2. The van der Waals surface area contributed by atoms with E-state index >= 15 is 0 Å². The molecule has 2 rings (SSSR count). The van der Waals surface area contributed by atoms with E-state index < -0.39 is 11.8 Å². The fourth-order valence-corrected chi connectivity index (χ4v) is 2.54. The van der Waals surface area contributed by atoms with Gasteiger partial charge in [-0.15, -0.1) is 11.3 Å². The smallest absolute Gasteiger partial charge is 0.276 e. The van der Waals surface area contributed by atoms with Gasteiger partial charge in [-0.1, -0.05) is 18.2 Å². The van der Waals surface area contributed by atoms with Crippen molar-refractivity contribution in [2.75, 3.05) is 13.7 Å². The van der Waals surface area contributed by atoms with Gasteiger partial charge < -0.3 is 9.47 Å². The summed E-state index contributed by atoms with van der Waals surface area (Å²) >= 11 is 6.44. The Bertz CT molecular complexity index is 791. The minimum atomic E-state index is -0.471. The number of thiophene rings is 1. The molecule has 0 radical (unpaired) electrons. The second-order valence-electron chi connectivity index (χ2n) is 4.78. The number of benzene rings is 1. The molecule has 0 aliphatic carbocycles. The molecule has 0 aliphatic heterocycles. The van der Waals surface area contributed by atoms with E-state index in [9.17, 15) is 9.59 Å². The molecule has 26 heavy (non-hydrogen) atoms. The van der Waals surface area contributed by atoms with Crippen LogP contribution in [0.2, 0.25) is 0 Å². The highest BCUT2D eigenvalue weighted by Gasteiger charge is 2.07. The minimum Gasteiger partial charge on any atom is -0.493 e. The second-order valence-corrected chi connectivity index (χ2v) is 6.17. The zero-order valence-electron chi connectivity index (χ0n) is 13.9. The van der Waals surface area contributed by atoms with Crippen LogP contribution < -0.4 is 25.6 Å². The number of methoxy groups -OCH3 is 1. The third-order valence-corrected chi connectivity index (χ3v) is 3.96. The Kier molecular flexibility index (Phi) is 7.59. The van der Waals surface area contributed by atoms with Crippen LogP contribution in [0.4, 0.5) is 0 Å². The first-order valence-electron chi connectivity index (χ1n) is 7.45. The maximum absolute atomic E-state index is 11.8. The van der Waals surface area contributed by atoms with Gasteiger partial charge in [-0.05, 0) is 41.9 Å². The molecule has 3 N–H and O–H groups in total. The van der Waals surface area contributed by atoms with Crippen LogP contribution in [-0.2, 0) is 9.59 Å². The first kappa shape index (κ1) is 19.4. The summed E-state index contributed by atoms with van der Waals surface area (Å²) in [4.78, 5) is 24.4. The molecule has 2 amide bonds. The predicted octanol–water partition coefficient (Wildman–Crippen LogP) is 1.87. The highest BCUT2D eigenvalue weighted by molar-refractivity contribution is 7.80. The molecule has 0 saturated carbocycles. The van der Waals surface area contributed by atoms with E-state index in [1.165, 1.54) is 24.5 Å². The quantitative estimate of drug-likeness (QED) is 0.396. The normalized spacial score (nSPS) is 10.2. The van der Waals surface area contributed by atoms with Crippen molar-refractivity contribution in [3.63, 3.8) is 0 Å². The SMILES string of the molecule is COc1ccccc1OCC(=O)NNC(=S)NC(=O)/C=C/c1cccs1. The zero-order valence-corrected chi connectivity index (χ0v) is 15.5. The van der Waals surface area contributed by atoms with Crippen molar-refractivity contribution in [1.29, 1.82) is 0 Å². The summed E-state index contributed by atoms with van der Waals surface area (Å²) < 4.78 is 10.5. The standard InChI is InChI=1S/C17H17N3O4S2/c1-23-13-6-2-3-7-14(13)24-11-16(22)19-20-17(25)18-15(21)9-8-12-5-4-10-26-12/h2-10H,11H2,1H3,(H,19,22)(H2,18,20,21,25)/b9-8+. The molecule has 0 atom stereocenters. The van der Waals surface area contributed by atoms with Gasteiger partial charge in [0.2, 0.25) is 5.91 Å². The molecule has 0 aliphatic rings. The number of amides is 2. The van der Waals surface area contributed by atoms with E-state index in [1.54, 1.807) is 30.3 Å². The van der Waals surface area contributed by atoms with E-state index in [-0.39, 0.29) is 11.7 Å². The van der Waals surface area contributed by atoms with Crippen molar-refractivity contribution in [2.24, 2.45) is 0 Å². The number of para-hydroxylation sites is 2. The fourth-order valence-electron chi connectivity index (χ4n) is 1.77. The van der Waals surface area contributed by atoms with Crippen LogP contribution in [0, 0.1) is 0 Å². The monoisotopic (exact) mass is 391 g/mol. The number of hydrogen-bond donors (Lipinski definition) is 3. The number of hydrazine groups is 1. The summed E-state index contributed by atoms with van der Waals surface area (Å²) in [5, 5.41) is 4.29. The third kappa shape index (κ3) is 6.54. The lowest BCUT2D eigenvalue weighted by molar-refractivity contribution is -0.123. The Morgan fingerprint density at radius 3 is 2.62 bits per heavy atom. The topological polar surface area (TPSA) is 88.7 Å². The Balaban J connectivity index is 1.69. The summed E-state index contributed by atoms with van der Waals surface area (Å²) in [7, 11) is 1.51. The van der Waals surface area contributed by atoms with Gasteiger partial charge in [-0.3, -0.25) is 25.8 Å². The number of carbonyl (C=O) groups is 2. The van der Waals surface area contributed by atoms with E-state index in [0.29, 0.717) is 11.5 Å². The lowest BCUT2D eigenvalue weighted by atomic mass is 10.3. The number of hydrogen-bond acceptors (Lipinski definition) is 6. The molecular weight excluding hydrogens is 374 g/mol. The Morgan fingerprint density at radius 2 is 1.92 bits per heavy atom. The molecule has 0 unspecified atom stereocenters. The zero-order chi connectivity index (χ0) is 18.8. The van der Waals surface area contributed by atoms with E-state index in [4.69, 9.17) is 21.7 Å². The fraction of sp³-hybridized carbons (Fsp3) is 0.118. The van der Waals surface area contributed by atoms with Gasteiger partial charge in [-0.2, -0.15) is 0 Å².